The first-order chi connectivity index (χ1) is 8.48. The number of anilines is 1. The van der Waals surface area contributed by atoms with Crippen molar-refractivity contribution in [1.82, 2.24) is 9.97 Å². The molecule has 1 heterocycles. The topological polar surface area (TPSA) is 75.1 Å². The number of nitrogens with zero attached hydrogens (tertiary/aromatic N) is 2. The van der Waals surface area contributed by atoms with E-state index in [4.69, 9.17) is 5.11 Å². The van der Waals surface area contributed by atoms with E-state index in [1.807, 2.05) is 0 Å². The van der Waals surface area contributed by atoms with Gasteiger partial charge in [-0.15, -0.1) is 0 Å². The standard InChI is InChI=1S/C13H19N3O2/c1-13(2)5-3-9(4-6-13)16-11-10(12(17)18)14-7-8-15-11/h7-9H,3-6H2,1-2H3,(H,15,16)(H,17,18). The van der Waals surface area contributed by atoms with Crippen LogP contribution >= 0.6 is 0 Å². The van der Waals surface area contributed by atoms with E-state index >= 15 is 0 Å². The van der Waals surface area contributed by atoms with Crippen molar-refractivity contribution in [3.8, 4) is 0 Å². The van der Waals surface area contributed by atoms with Crippen LogP contribution in [-0.2, 0) is 0 Å². The second kappa shape index (κ2) is 4.92. The Morgan fingerprint density at radius 1 is 1.33 bits per heavy atom. The smallest absolute Gasteiger partial charge is 0.358 e. The molecule has 0 atom stereocenters. The molecule has 1 aromatic heterocycles. The van der Waals surface area contributed by atoms with Crippen molar-refractivity contribution in [2.75, 3.05) is 5.32 Å². The summed E-state index contributed by atoms with van der Waals surface area (Å²) in [7, 11) is 0. The van der Waals surface area contributed by atoms with E-state index in [2.05, 4.69) is 29.1 Å². The van der Waals surface area contributed by atoms with Gasteiger partial charge in [0.15, 0.2) is 11.5 Å². The third-order valence-electron chi connectivity index (χ3n) is 3.58. The highest BCUT2D eigenvalue weighted by Gasteiger charge is 2.27. The van der Waals surface area contributed by atoms with Gasteiger partial charge in [-0.25, -0.2) is 14.8 Å². The molecule has 18 heavy (non-hydrogen) atoms. The predicted octanol–water partition coefficient (Wildman–Crippen LogP) is 2.56. The van der Waals surface area contributed by atoms with Crippen molar-refractivity contribution in [2.45, 2.75) is 45.6 Å². The van der Waals surface area contributed by atoms with Crippen molar-refractivity contribution >= 4 is 11.8 Å². The summed E-state index contributed by atoms with van der Waals surface area (Å²) in [6.45, 7) is 4.54. The van der Waals surface area contributed by atoms with Crippen LogP contribution in [-0.4, -0.2) is 27.1 Å². The van der Waals surface area contributed by atoms with Gasteiger partial charge in [0.2, 0.25) is 0 Å². The Kier molecular flexibility index (Phi) is 3.50. The van der Waals surface area contributed by atoms with Crippen LogP contribution in [0.15, 0.2) is 12.4 Å². The number of aromatic carboxylic acids is 1. The lowest BCUT2D eigenvalue weighted by molar-refractivity contribution is 0.0691. The van der Waals surface area contributed by atoms with Gasteiger partial charge in [-0.05, 0) is 31.1 Å². The summed E-state index contributed by atoms with van der Waals surface area (Å²) in [4.78, 5) is 18.9. The molecule has 2 N–H and O–H groups in total. The van der Waals surface area contributed by atoms with Crippen LogP contribution in [0.5, 0.6) is 0 Å². The lowest BCUT2D eigenvalue weighted by Crippen LogP contribution is -2.30. The maximum absolute atomic E-state index is 11.0. The third-order valence-corrected chi connectivity index (χ3v) is 3.58. The Morgan fingerprint density at radius 3 is 2.56 bits per heavy atom. The van der Waals surface area contributed by atoms with E-state index in [1.54, 1.807) is 0 Å². The van der Waals surface area contributed by atoms with E-state index < -0.39 is 5.97 Å². The normalized spacial score (nSPS) is 19.4. The summed E-state index contributed by atoms with van der Waals surface area (Å²) in [6, 6.07) is 0.299. The van der Waals surface area contributed by atoms with Gasteiger partial charge in [0.05, 0.1) is 0 Å². The van der Waals surface area contributed by atoms with Crippen molar-refractivity contribution < 1.29 is 9.90 Å². The molecule has 5 nitrogen and oxygen atoms in total. The summed E-state index contributed by atoms with van der Waals surface area (Å²) in [5.41, 5.74) is 0.401. The summed E-state index contributed by atoms with van der Waals surface area (Å²) in [5.74, 6) is -0.656. The summed E-state index contributed by atoms with van der Waals surface area (Å²) >= 11 is 0. The van der Waals surface area contributed by atoms with Crippen molar-refractivity contribution in [1.29, 1.82) is 0 Å². The monoisotopic (exact) mass is 249 g/mol. The Balaban J connectivity index is 2.04. The summed E-state index contributed by atoms with van der Waals surface area (Å²) in [5, 5.41) is 12.2. The Labute approximate surface area is 107 Å². The zero-order valence-corrected chi connectivity index (χ0v) is 10.8. The Bertz CT molecular complexity index is 436. The molecule has 2 rings (SSSR count). The fourth-order valence-electron chi connectivity index (χ4n) is 2.34. The minimum Gasteiger partial charge on any atom is -0.476 e. The molecule has 0 bridgehead atoms. The quantitative estimate of drug-likeness (QED) is 0.861. The van der Waals surface area contributed by atoms with Crippen molar-refractivity contribution in [2.24, 2.45) is 5.41 Å². The maximum atomic E-state index is 11.0. The number of carbonyl (C=O) groups is 1. The van der Waals surface area contributed by atoms with Gasteiger partial charge in [-0.1, -0.05) is 13.8 Å². The number of nitrogens with one attached hydrogen (secondary N) is 1. The average Bonchev–Trinajstić information content (AvgIpc) is 2.32. The number of hydrogen-bond acceptors (Lipinski definition) is 4. The van der Waals surface area contributed by atoms with E-state index in [-0.39, 0.29) is 5.69 Å². The highest BCUT2D eigenvalue weighted by atomic mass is 16.4. The van der Waals surface area contributed by atoms with Gasteiger partial charge in [-0.2, -0.15) is 0 Å². The first-order valence-corrected chi connectivity index (χ1v) is 6.29. The van der Waals surface area contributed by atoms with Crippen LogP contribution in [0.3, 0.4) is 0 Å². The van der Waals surface area contributed by atoms with Crippen LogP contribution in [0, 0.1) is 5.41 Å². The first-order valence-electron chi connectivity index (χ1n) is 6.29. The lowest BCUT2D eigenvalue weighted by atomic mass is 9.75. The van der Waals surface area contributed by atoms with Gasteiger partial charge in [0, 0.05) is 18.4 Å². The highest BCUT2D eigenvalue weighted by molar-refractivity contribution is 5.90. The summed E-state index contributed by atoms with van der Waals surface area (Å²) < 4.78 is 0. The van der Waals surface area contributed by atoms with E-state index in [0.717, 1.165) is 25.7 Å². The first kappa shape index (κ1) is 12.8. The zero-order chi connectivity index (χ0) is 13.2. The Hall–Kier alpha value is -1.65. The van der Waals surface area contributed by atoms with Crippen LogP contribution in [0.1, 0.15) is 50.0 Å². The zero-order valence-electron chi connectivity index (χ0n) is 10.8. The number of rotatable bonds is 3. The van der Waals surface area contributed by atoms with Crippen LogP contribution in [0.2, 0.25) is 0 Å². The highest BCUT2D eigenvalue weighted by Crippen LogP contribution is 2.36. The molecule has 1 fully saturated rings. The molecule has 0 radical (unpaired) electrons. The molecule has 1 aromatic rings. The predicted molar refractivity (Wildman–Crippen MR) is 68.7 cm³/mol. The van der Waals surface area contributed by atoms with Gasteiger partial charge >= 0.3 is 5.97 Å². The maximum Gasteiger partial charge on any atom is 0.358 e. The largest absolute Gasteiger partial charge is 0.476 e. The molecule has 5 heteroatoms. The number of aromatic nitrogens is 2. The third kappa shape index (κ3) is 2.97. The molecule has 1 saturated carbocycles. The minimum absolute atomic E-state index is 0.00216. The molecular formula is C13H19N3O2. The van der Waals surface area contributed by atoms with Crippen LogP contribution < -0.4 is 5.32 Å². The number of carboxylic acid groups (broad SMARTS) is 1. The SMILES string of the molecule is CC1(C)CCC(Nc2nccnc2C(=O)O)CC1. The molecule has 0 amide bonds. The lowest BCUT2D eigenvalue weighted by Gasteiger charge is -2.34. The van der Waals surface area contributed by atoms with Crippen molar-refractivity contribution in [3.63, 3.8) is 0 Å². The Morgan fingerprint density at radius 2 is 1.94 bits per heavy atom. The summed E-state index contributed by atoms with van der Waals surface area (Å²) in [6.07, 6.45) is 7.30. The second-order valence-corrected chi connectivity index (χ2v) is 5.64. The van der Waals surface area contributed by atoms with Gasteiger partial charge in [-0.3, -0.25) is 0 Å². The molecule has 1 aliphatic rings. The van der Waals surface area contributed by atoms with Gasteiger partial charge in [0.1, 0.15) is 0 Å². The van der Waals surface area contributed by atoms with Gasteiger partial charge in [0.25, 0.3) is 0 Å². The number of carboxylic acids is 1. The molecule has 0 spiro atoms. The number of hydrogen-bond donors (Lipinski definition) is 2. The van der Waals surface area contributed by atoms with E-state index in [0.29, 0.717) is 17.3 Å². The molecule has 0 unspecified atom stereocenters. The molecule has 98 valence electrons. The minimum atomic E-state index is -1.04. The van der Waals surface area contributed by atoms with E-state index in [1.165, 1.54) is 12.4 Å². The van der Waals surface area contributed by atoms with Gasteiger partial charge < -0.3 is 10.4 Å². The average molecular weight is 249 g/mol. The van der Waals surface area contributed by atoms with Crippen LogP contribution in [0.4, 0.5) is 5.82 Å². The fourth-order valence-corrected chi connectivity index (χ4v) is 2.34. The molecule has 0 aromatic carbocycles. The van der Waals surface area contributed by atoms with Crippen molar-refractivity contribution in [3.05, 3.63) is 18.1 Å². The second-order valence-electron chi connectivity index (χ2n) is 5.64. The van der Waals surface area contributed by atoms with E-state index in [9.17, 15) is 4.79 Å². The molecule has 0 aliphatic heterocycles. The molecule has 0 saturated heterocycles. The van der Waals surface area contributed by atoms with Crippen LogP contribution in [0.25, 0.3) is 0 Å². The molecular weight excluding hydrogens is 230 g/mol. The molecule has 1 aliphatic carbocycles. The fraction of sp³-hybridized carbons (Fsp3) is 0.615.